The lowest BCUT2D eigenvalue weighted by molar-refractivity contribution is 0.414. The highest BCUT2D eigenvalue weighted by atomic mass is 127. The molecule has 0 fully saturated rings. The van der Waals surface area contributed by atoms with Crippen LogP contribution in [0.5, 0.6) is 5.75 Å². The van der Waals surface area contributed by atoms with Crippen LogP contribution in [0.4, 0.5) is 5.13 Å². The zero-order chi connectivity index (χ0) is 22.2. The molecule has 174 valence electrons. The van der Waals surface area contributed by atoms with Crippen LogP contribution >= 0.6 is 35.3 Å². The Hall–Kier alpha value is -2.41. The highest BCUT2D eigenvalue weighted by Gasteiger charge is 2.08. The number of rotatable bonds is 9. The van der Waals surface area contributed by atoms with Crippen molar-refractivity contribution < 1.29 is 4.74 Å². The molecule has 0 saturated carbocycles. The quantitative estimate of drug-likeness (QED) is 0.232. The Balaban J connectivity index is 0.00000363. The second kappa shape index (κ2) is 12.6. The van der Waals surface area contributed by atoms with Crippen molar-refractivity contribution in [2.75, 3.05) is 32.6 Å². The molecule has 3 rings (SSSR count). The first-order chi connectivity index (χ1) is 15.0. The topological polar surface area (TPSA) is 92.5 Å². The molecule has 0 aliphatic carbocycles. The van der Waals surface area contributed by atoms with E-state index in [4.69, 9.17) is 9.73 Å². The molecule has 0 aliphatic rings. The average Bonchev–Trinajstić information content (AvgIpc) is 3.38. The second-order valence-corrected chi connectivity index (χ2v) is 8.12. The van der Waals surface area contributed by atoms with E-state index in [1.165, 1.54) is 5.56 Å². The molecule has 0 radical (unpaired) electrons. The van der Waals surface area contributed by atoms with Gasteiger partial charge in [-0.05, 0) is 31.0 Å². The Morgan fingerprint density at radius 1 is 1.19 bits per heavy atom. The van der Waals surface area contributed by atoms with Crippen LogP contribution < -0.4 is 20.3 Å². The van der Waals surface area contributed by atoms with Crippen molar-refractivity contribution in [3.63, 3.8) is 0 Å². The van der Waals surface area contributed by atoms with Crippen LogP contribution in [0.3, 0.4) is 0 Å². The third kappa shape index (κ3) is 7.33. The predicted octanol–water partition coefficient (Wildman–Crippen LogP) is 2.75. The van der Waals surface area contributed by atoms with E-state index >= 15 is 0 Å². The maximum absolute atomic E-state index is 5.22. The van der Waals surface area contributed by atoms with E-state index in [-0.39, 0.29) is 24.0 Å². The molecule has 2 heterocycles. The minimum absolute atomic E-state index is 0. The molecule has 0 saturated heterocycles. The fourth-order valence-electron chi connectivity index (χ4n) is 2.79. The third-order valence-electron chi connectivity index (χ3n) is 4.78. The summed E-state index contributed by atoms with van der Waals surface area (Å²) in [5, 5.41) is 18.1. The number of guanidine groups is 1. The van der Waals surface area contributed by atoms with Gasteiger partial charge in [0.15, 0.2) is 16.9 Å². The summed E-state index contributed by atoms with van der Waals surface area (Å²) in [7, 11) is 7.61. The molecule has 9 nitrogen and oxygen atoms in total. The summed E-state index contributed by atoms with van der Waals surface area (Å²) in [6.45, 7) is 3.71. The van der Waals surface area contributed by atoms with Crippen molar-refractivity contribution in [3.05, 3.63) is 52.6 Å². The zero-order valence-electron chi connectivity index (χ0n) is 19.1. The maximum Gasteiger partial charge on any atom is 0.192 e. The number of hydrogen-bond donors (Lipinski definition) is 2. The Morgan fingerprint density at radius 2 is 1.94 bits per heavy atom. The molecule has 0 aliphatic heterocycles. The molecule has 1 aromatic carbocycles. The predicted molar refractivity (Wildman–Crippen MR) is 140 cm³/mol. The normalized spacial score (nSPS) is 11.1. The van der Waals surface area contributed by atoms with Gasteiger partial charge in [0.2, 0.25) is 0 Å². The monoisotopic (exact) mass is 570 g/mol. The van der Waals surface area contributed by atoms with Crippen molar-refractivity contribution in [1.82, 2.24) is 30.4 Å². The van der Waals surface area contributed by atoms with Gasteiger partial charge in [-0.25, -0.2) is 9.98 Å². The van der Waals surface area contributed by atoms with Crippen LogP contribution in [0.25, 0.3) is 0 Å². The van der Waals surface area contributed by atoms with Gasteiger partial charge in [-0.1, -0.05) is 12.1 Å². The van der Waals surface area contributed by atoms with E-state index in [9.17, 15) is 0 Å². The Bertz CT molecular complexity index is 1000. The number of ether oxygens (including phenoxy) is 1. The van der Waals surface area contributed by atoms with Crippen LogP contribution in [0.15, 0.2) is 34.6 Å². The molecular weight excluding hydrogens is 539 g/mol. The molecule has 2 aromatic heterocycles. The molecule has 11 heteroatoms. The van der Waals surface area contributed by atoms with E-state index in [1.54, 1.807) is 18.4 Å². The number of hydrogen-bond acceptors (Lipinski definition) is 7. The summed E-state index contributed by atoms with van der Waals surface area (Å²) in [5.41, 5.74) is 2.17. The van der Waals surface area contributed by atoms with Crippen molar-refractivity contribution in [2.24, 2.45) is 12.0 Å². The number of aryl methyl sites for hydroxylation is 1. The fraction of sp³-hybridized carbons (Fsp3) is 0.429. The standard InChI is InChI=1S/C21H30N8OS.HI/c1-15-26-27-19(29(15)4)13-24-20(23-12-17-14-31-21(25-17)28(2)3)22-11-10-16-6-8-18(30-5)9-7-16;/h6-9,14H,10-13H2,1-5H3,(H2,22,23,24);1H. The van der Waals surface area contributed by atoms with E-state index in [2.05, 4.69) is 37.9 Å². The van der Waals surface area contributed by atoms with Crippen LogP contribution in [-0.2, 0) is 26.6 Å². The SMILES string of the molecule is COc1ccc(CCNC(=NCc2csc(N(C)C)n2)NCc2nnc(C)n2C)cc1.I. The first-order valence-corrected chi connectivity index (χ1v) is 11.0. The highest BCUT2D eigenvalue weighted by molar-refractivity contribution is 14.0. The number of benzene rings is 1. The largest absolute Gasteiger partial charge is 0.497 e. The summed E-state index contributed by atoms with van der Waals surface area (Å²) in [6, 6.07) is 8.10. The van der Waals surface area contributed by atoms with Crippen LogP contribution in [0, 0.1) is 6.92 Å². The van der Waals surface area contributed by atoms with Gasteiger partial charge in [0.1, 0.15) is 11.6 Å². The van der Waals surface area contributed by atoms with Crippen LogP contribution in [0.2, 0.25) is 0 Å². The molecular formula is C21H31IN8OS. The minimum Gasteiger partial charge on any atom is -0.497 e. The molecule has 0 spiro atoms. The summed E-state index contributed by atoms with van der Waals surface area (Å²) in [4.78, 5) is 11.3. The van der Waals surface area contributed by atoms with Crippen LogP contribution in [-0.4, -0.2) is 53.5 Å². The van der Waals surface area contributed by atoms with Crippen molar-refractivity contribution in [3.8, 4) is 5.75 Å². The fourth-order valence-corrected chi connectivity index (χ4v) is 3.54. The first kappa shape index (κ1) is 25.8. The van der Waals surface area contributed by atoms with E-state index < -0.39 is 0 Å². The maximum atomic E-state index is 5.22. The number of nitrogens with zero attached hydrogens (tertiary/aromatic N) is 6. The number of anilines is 1. The third-order valence-corrected chi connectivity index (χ3v) is 5.84. The number of nitrogens with one attached hydrogen (secondary N) is 2. The Kier molecular flexibility index (Phi) is 10.2. The number of methoxy groups -OCH3 is 1. The Morgan fingerprint density at radius 3 is 2.53 bits per heavy atom. The molecule has 2 N–H and O–H groups in total. The molecule has 3 aromatic rings. The van der Waals surface area contributed by atoms with Crippen molar-refractivity contribution >= 4 is 46.4 Å². The molecule has 32 heavy (non-hydrogen) atoms. The van der Waals surface area contributed by atoms with Gasteiger partial charge in [0.25, 0.3) is 0 Å². The van der Waals surface area contributed by atoms with Gasteiger partial charge >= 0.3 is 0 Å². The van der Waals surface area contributed by atoms with Gasteiger partial charge in [0, 0.05) is 33.1 Å². The lowest BCUT2D eigenvalue weighted by Crippen LogP contribution is -2.38. The minimum atomic E-state index is 0. The van der Waals surface area contributed by atoms with Gasteiger partial charge in [-0.2, -0.15) is 0 Å². The van der Waals surface area contributed by atoms with E-state index in [1.807, 2.05) is 55.0 Å². The van der Waals surface area contributed by atoms with Gasteiger partial charge in [-0.3, -0.25) is 0 Å². The number of thiazole rings is 1. The number of aromatic nitrogens is 4. The lowest BCUT2D eigenvalue weighted by Gasteiger charge is -2.13. The highest BCUT2D eigenvalue weighted by Crippen LogP contribution is 2.18. The Labute approximate surface area is 210 Å². The van der Waals surface area contributed by atoms with Gasteiger partial charge in [0.05, 0.1) is 25.9 Å². The summed E-state index contributed by atoms with van der Waals surface area (Å²) in [6.07, 6.45) is 0.870. The average molecular weight is 571 g/mol. The summed E-state index contributed by atoms with van der Waals surface area (Å²) >= 11 is 1.62. The smallest absolute Gasteiger partial charge is 0.192 e. The number of aliphatic imine (C=N–C) groups is 1. The van der Waals surface area contributed by atoms with Gasteiger partial charge in [-0.15, -0.1) is 45.5 Å². The van der Waals surface area contributed by atoms with Crippen molar-refractivity contribution in [2.45, 2.75) is 26.4 Å². The van der Waals surface area contributed by atoms with Crippen LogP contribution in [0.1, 0.15) is 22.9 Å². The van der Waals surface area contributed by atoms with E-state index in [0.717, 1.165) is 41.2 Å². The van der Waals surface area contributed by atoms with Gasteiger partial charge < -0.3 is 24.8 Å². The molecule has 0 bridgehead atoms. The number of halogens is 1. The molecule has 0 amide bonds. The molecule has 0 unspecified atom stereocenters. The summed E-state index contributed by atoms with van der Waals surface area (Å²) < 4.78 is 7.19. The van der Waals surface area contributed by atoms with Crippen molar-refractivity contribution in [1.29, 1.82) is 0 Å². The lowest BCUT2D eigenvalue weighted by atomic mass is 10.1. The second-order valence-electron chi connectivity index (χ2n) is 7.28. The zero-order valence-corrected chi connectivity index (χ0v) is 22.3. The molecule has 0 atom stereocenters. The van der Waals surface area contributed by atoms with E-state index in [0.29, 0.717) is 19.0 Å². The summed E-state index contributed by atoms with van der Waals surface area (Å²) in [5.74, 6) is 3.31. The first-order valence-electron chi connectivity index (χ1n) is 10.1.